The van der Waals surface area contributed by atoms with Crippen molar-refractivity contribution in [1.82, 2.24) is 5.32 Å². The van der Waals surface area contributed by atoms with Gasteiger partial charge < -0.3 is 19.6 Å². The largest absolute Gasteiger partial charge is 0.481 e. The molecule has 0 unspecified atom stereocenters. The molecule has 2 N–H and O–H groups in total. The third-order valence-electron chi connectivity index (χ3n) is 3.88. The van der Waals surface area contributed by atoms with Crippen LogP contribution in [-0.2, 0) is 20.9 Å². The Bertz CT molecular complexity index is 483. The van der Waals surface area contributed by atoms with Gasteiger partial charge in [-0.05, 0) is 25.0 Å². The number of nitrogens with one attached hydrogen (secondary N) is 1. The molecule has 102 valence electrons. The van der Waals surface area contributed by atoms with Crippen molar-refractivity contribution in [3.05, 3.63) is 24.2 Å². The molecule has 0 saturated carbocycles. The zero-order valence-corrected chi connectivity index (χ0v) is 10.2. The highest BCUT2D eigenvalue weighted by Crippen LogP contribution is 2.43. The number of amides is 1. The fourth-order valence-electron chi connectivity index (χ4n) is 3.03. The maximum absolute atomic E-state index is 12.1. The quantitative estimate of drug-likeness (QED) is 0.839. The summed E-state index contributed by atoms with van der Waals surface area (Å²) in [7, 11) is 0. The predicted molar refractivity (Wildman–Crippen MR) is 63.1 cm³/mol. The van der Waals surface area contributed by atoms with Gasteiger partial charge in [0.2, 0.25) is 5.91 Å². The third kappa shape index (κ3) is 2.12. The average Bonchev–Trinajstić information content (AvgIpc) is 3.10. The fraction of sp³-hybridized carbons (Fsp3) is 0.538. The molecular weight excluding hydrogens is 250 g/mol. The number of fused-ring (bicyclic) bond motifs is 2. The van der Waals surface area contributed by atoms with Crippen molar-refractivity contribution >= 4 is 11.9 Å². The Morgan fingerprint density at radius 2 is 2.05 bits per heavy atom. The van der Waals surface area contributed by atoms with Crippen LogP contribution < -0.4 is 5.32 Å². The van der Waals surface area contributed by atoms with Crippen LogP contribution in [0.1, 0.15) is 18.6 Å². The van der Waals surface area contributed by atoms with E-state index in [9.17, 15) is 14.7 Å². The summed E-state index contributed by atoms with van der Waals surface area (Å²) in [4.78, 5) is 23.4. The van der Waals surface area contributed by atoms with Crippen LogP contribution in [0.4, 0.5) is 0 Å². The molecule has 3 heterocycles. The van der Waals surface area contributed by atoms with E-state index >= 15 is 0 Å². The molecule has 2 saturated heterocycles. The molecule has 1 aromatic rings. The monoisotopic (exact) mass is 265 g/mol. The Morgan fingerprint density at radius 3 is 2.68 bits per heavy atom. The minimum atomic E-state index is -0.953. The molecule has 2 fully saturated rings. The molecule has 1 amide bonds. The SMILES string of the molecule is O=C(NCc1ccco1)[C@@H]1[C@@H](C(=O)O)[C@H]2CC[C@@H]1O2. The van der Waals surface area contributed by atoms with Crippen LogP contribution in [-0.4, -0.2) is 29.2 Å². The summed E-state index contributed by atoms with van der Waals surface area (Å²) in [6, 6.07) is 3.49. The van der Waals surface area contributed by atoms with Crippen molar-refractivity contribution in [2.45, 2.75) is 31.6 Å². The molecule has 4 atom stereocenters. The minimum Gasteiger partial charge on any atom is -0.481 e. The van der Waals surface area contributed by atoms with E-state index in [4.69, 9.17) is 9.15 Å². The number of furan rings is 1. The molecular formula is C13H15NO5. The molecule has 0 spiro atoms. The van der Waals surface area contributed by atoms with Gasteiger partial charge in [0.25, 0.3) is 0 Å². The second kappa shape index (κ2) is 4.70. The first-order valence-corrected chi connectivity index (χ1v) is 6.35. The van der Waals surface area contributed by atoms with E-state index in [-0.39, 0.29) is 24.7 Å². The lowest BCUT2D eigenvalue weighted by atomic mass is 9.79. The Hall–Kier alpha value is -1.82. The molecule has 6 heteroatoms. The number of hydrogen-bond donors (Lipinski definition) is 2. The highest BCUT2D eigenvalue weighted by atomic mass is 16.5. The lowest BCUT2D eigenvalue weighted by Gasteiger charge is -2.23. The van der Waals surface area contributed by atoms with Gasteiger partial charge in [0.1, 0.15) is 5.76 Å². The van der Waals surface area contributed by atoms with Gasteiger partial charge in [0, 0.05) is 0 Å². The molecule has 2 bridgehead atoms. The second-order valence-corrected chi connectivity index (χ2v) is 4.98. The third-order valence-corrected chi connectivity index (χ3v) is 3.88. The zero-order valence-electron chi connectivity index (χ0n) is 10.2. The molecule has 0 aromatic carbocycles. The zero-order chi connectivity index (χ0) is 13.4. The van der Waals surface area contributed by atoms with E-state index in [1.807, 2.05) is 0 Å². The van der Waals surface area contributed by atoms with Gasteiger partial charge in [-0.1, -0.05) is 0 Å². The number of rotatable bonds is 4. The number of carbonyl (C=O) groups excluding carboxylic acids is 1. The van der Waals surface area contributed by atoms with Crippen molar-refractivity contribution in [2.75, 3.05) is 0 Å². The molecule has 0 aliphatic carbocycles. The van der Waals surface area contributed by atoms with E-state index in [1.54, 1.807) is 12.1 Å². The fourth-order valence-corrected chi connectivity index (χ4v) is 3.03. The van der Waals surface area contributed by atoms with Crippen molar-refractivity contribution in [3.8, 4) is 0 Å². The summed E-state index contributed by atoms with van der Waals surface area (Å²) in [5.41, 5.74) is 0. The highest BCUT2D eigenvalue weighted by Gasteiger charge is 2.55. The number of hydrogen-bond acceptors (Lipinski definition) is 4. The molecule has 3 rings (SSSR count). The topological polar surface area (TPSA) is 88.8 Å². The molecule has 6 nitrogen and oxygen atoms in total. The average molecular weight is 265 g/mol. The van der Waals surface area contributed by atoms with Crippen LogP contribution in [0, 0.1) is 11.8 Å². The molecule has 2 aliphatic rings. The first kappa shape index (κ1) is 12.2. The summed E-state index contributed by atoms with van der Waals surface area (Å²) in [6.45, 7) is 0.270. The van der Waals surface area contributed by atoms with Crippen LogP contribution in [0.5, 0.6) is 0 Å². The number of carboxylic acid groups (broad SMARTS) is 1. The Balaban J connectivity index is 1.66. The minimum absolute atomic E-state index is 0.261. The smallest absolute Gasteiger partial charge is 0.310 e. The van der Waals surface area contributed by atoms with Gasteiger partial charge in [-0.3, -0.25) is 9.59 Å². The van der Waals surface area contributed by atoms with Crippen LogP contribution in [0.2, 0.25) is 0 Å². The molecule has 0 radical (unpaired) electrons. The number of carbonyl (C=O) groups is 2. The first-order valence-electron chi connectivity index (χ1n) is 6.35. The number of aliphatic carboxylic acids is 1. The Morgan fingerprint density at radius 1 is 1.32 bits per heavy atom. The van der Waals surface area contributed by atoms with Gasteiger partial charge in [-0.25, -0.2) is 0 Å². The molecule has 19 heavy (non-hydrogen) atoms. The molecule has 2 aliphatic heterocycles. The lowest BCUT2D eigenvalue weighted by molar-refractivity contribution is -0.147. The number of carboxylic acids is 1. The van der Waals surface area contributed by atoms with Crippen molar-refractivity contribution in [3.63, 3.8) is 0 Å². The summed E-state index contributed by atoms with van der Waals surface area (Å²) in [5, 5.41) is 11.9. The van der Waals surface area contributed by atoms with Gasteiger partial charge in [-0.15, -0.1) is 0 Å². The van der Waals surface area contributed by atoms with Gasteiger partial charge in [0.15, 0.2) is 0 Å². The Labute approximate surface area is 109 Å². The Kier molecular flexibility index (Phi) is 3.02. The first-order chi connectivity index (χ1) is 9.16. The van der Waals surface area contributed by atoms with Crippen LogP contribution in [0.25, 0.3) is 0 Å². The van der Waals surface area contributed by atoms with Gasteiger partial charge >= 0.3 is 5.97 Å². The summed E-state index contributed by atoms with van der Waals surface area (Å²) >= 11 is 0. The van der Waals surface area contributed by atoms with Gasteiger partial charge in [0.05, 0.1) is 36.9 Å². The second-order valence-electron chi connectivity index (χ2n) is 4.98. The maximum Gasteiger partial charge on any atom is 0.310 e. The van der Waals surface area contributed by atoms with E-state index in [1.165, 1.54) is 6.26 Å². The lowest BCUT2D eigenvalue weighted by Crippen LogP contribution is -2.43. The normalized spacial score (nSPS) is 32.4. The van der Waals surface area contributed by atoms with Crippen LogP contribution in [0.15, 0.2) is 22.8 Å². The van der Waals surface area contributed by atoms with Crippen LogP contribution >= 0.6 is 0 Å². The standard InChI is InChI=1S/C13H15NO5/c15-12(14-6-7-2-1-5-18-7)10-8-3-4-9(19-8)11(10)13(16)17/h1-2,5,8-11H,3-4,6H2,(H,14,15)(H,16,17)/t8-,9+,10-,11-/m0/s1. The van der Waals surface area contributed by atoms with E-state index < -0.39 is 17.8 Å². The summed E-state index contributed by atoms with van der Waals surface area (Å²) in [5.74, 6) is -1.90. The predicted octanol–water partition coefficient (Wildman–Crippen LogP) is 0.774. The number of ether oxygens (including phenoxy) is 1. The maximum atomic E-state index is 12.1. The highest BCUT2D eigenvalue weighted by molar-refractivity contribution is 5.86. The van der Waals surface area contributed by atoms with E-state index in [0.29, 0.717) is 5.76 Å². The van der Waals surface area contributed by atoms with Crippen molar-refractivity contribution in [2.24, 2.45) is 11.8 Å². The summed E-state index contributed by atoms with van der Waals surface area (Å²) < 4.78 is 10.7. The van der Waals surface area contributed by atoms with E-state index in [2.05, 4.69) is 5.32 Å². The van der Waals surface area contributed by atoms with Crippen molar-refractivity contribution in [1.29, 1.82) is 0 Å². The summed E-state index contributed by atoms with van der Waals surface area (Å²) in [6.07, 6.45) is 2.43. The van der Waals surface area contributed by atoms with Crippen LogP contribution in [0.3, 0.4) is 0 Å². The van der Waals surface area contributed by atoms with Crippen molar-refractivity contribution < 1.29 is 23.8 Å². The molecule has 1 aromatic heterocycles. The van der Waals surface area contributed by atoms with Gasteiger partial charge in [-0.2, -0.15) is 0 Å². The van der Waals surface area contributed by atoms with E-state index in [0.717, 1.165) is 12.8 Å².